The van der Waals surface area contributed by atoms with E-state index in [1.807, 2.05) is 0 Å². The second kappa shape index (κ2) is 6.07. The lowest BCUT2D eigenvalue weighted by Crippen LogP contribution is -2.63. The number of rotatable bonds is 1. The highest BCUT2D eigenvalue weighted by atomic mass is 16.5. The van der Waals surface area contributed by atoms with Crippen molar-refractivity contribution in [3.8, 4) is 0 Å². The van der Waals surface area contributed by atoms with Gasteiger partial charge in [0.1, 0.15) is 11.6 Å². The number of fused-ring (bicyclic) bond motifs is 5. The van der Waals surface area contributed by atoms with Crippen molar-refractivity contribution >= 4 is 17.5 Å². The fraction of sp³-hybridized carbons (Fsp3) is 0.808. The Morgan fingerprint density at radius 3 is 2.33 bits per heavy atom. The molecule has 0 unspecified atom stereocenters. The van der Waals surface area contributed by atoms with Crippen molar-refractivity contribution in [2.75, 3.05) is 6.61 Å². The van der Waals surface area contributed by atoms with Crippen LogP contribution in [0.25, 0.3) is 0 Å². The van der Waals surface area contributed by atoms with Gasteiger partial charge in [0.25, 0.3) is 0 Å². The molecular weight excluding hydrogens is 376 g/mol. The van der Waals surface area contributed by atoms with E-state index in [0.29, 0.717) is 49.3 Å². The number of ether oxygens (including phenoxy) is 1. The van der Waals surface area contributed by atoms with Gasteiger partial charge in [0.2, 0.25) is 0 Å². The summed E-state index contributed by atoms with van der Waals surface area (Å²) in [7, 11) is 0. The lowest BCUT2D eigenvalue weighted by Gasteiger charge is -2.65. The summed E-state index contributed by atoms with van der Waals surface area (Å²) in [6.07, 6.45) is 8.00. The summed E-state index contributed by atoms with van der Waals surface area (Å²) in [6, 6.07) is 0. The molecule has 7 atom stereocenters. The summed E-state index contributed by atoms with van der Waals surface area (Å²) in [5, 5.41) is 0. The minimum Gasteiger partial charge on any atom is -0.465 e. The SMILES string of the molecule is CC1(C)C(=O)CC[C@@]2(C)[C@H]1CC(=O)[C@@]1(C)C3=CC[C@@H]([C@@H]4COC(=O)C4)[C@]3(C)CC[C@@H]12. The van der Waals surface area contributed by atoms with E-state index in [0.717, 1.165) is 25.7 Å². The first-order chi connectivity index (χ1) is 14.0. The van der Waals surface area contributed by atoms with Crippen molar-refractivity contribution in [1.29, 1.82) is 0 Å². The van der Waals surface area contributed by atoms with Crippen molar-refractivity contribution < 1.29 is 19.1 Å². The fourth-order valence-corrected chi connectivity index (χ4v) is 9.02. The first-order valence-corrected chi connectivity index (χ1v) is 11.9. The van der Waals surface area contributed by atoms with Crippen LogP contribution in [0.15, 0.2) is 11.6 Å². The van der Waals surface area contributed by atoms with Gasteiger partial charge in [-0.3, -0.25) is 14.4 Å². The molecule has 0 bridgehead atoms. The van der Waals surface area contributed by atoms with Gasteiger partial charge in [0.15, 0.2) is 0 Å². The van der Waals surface area contributed by atoms with Crippen LogP contribution >= 0.6 is 0 Å². The predicted molar refractivity (Wildman–Crippen MR) is 113 cm³/mol. The standard InChI is InChI=1S/C26H36O4/c1-23(2)19-13-21(28)26(5)17-7-6-16(15-12-22(29)30-14-15)24(17,3)10-8-18(26)25(19,4)11-9-20(23)27/h7,15-16,18-19H,6,8-14H2,1-5H3/t15-,16-,18+,19-,24-,25+,26-/m0/s1. The van der Waals surface area contributed by atoms with Crippen LogP contribution in [0, 0.1) is 45.3 Å². The topological polar surface area (TPSA) is 60.4 Å². The molecule has 1 aliphatic heterocycles. The van der Waals surface area contributed by atoms with Gasteiger partial charge in [0.05, 0.1) is 18.4 Å². The molecule has 0 aromatic rings. The molecule has 3 saturated carbocycles. The Bertz CT molecular complexity index is 868. The Kier molecular flexibility index (Phi) is 4.14. The molecule has 30 heavy (non-hydrogen) atoms. The van der Waals surface area contributed by atoms with Crippen LogP contribution in [0.4, 0.5) is 0 Å². The van der Waals surface area contributed by atoms with Crippen molar-refractivity contribution in [2.45, 2.75) is 79.6 Å². The van der Waals surface area contributed by atoms with Crippen LogP contribution in [0.3, 0.4) is 0 Å². The molecule has 0 radical (unpaired) electrons. The highest BCUT2D eigenvalue weighted by Gasteiger charge is 2.68. The molecule has 164 valence electrons. The van der Waals surface area contributed by atoms with Gasteiger partial charge >= 0.3 is 5.97 Å². The third-order valence-corrected chi connectivity index (χ3v) is 10.7. The number of hydrogen-bond acceptors (Lipinski definition) is 4. The molecule has 0 aromatic carbocycles. The summed E-state index contributed by atoms with van der Waals surface area (Å²) >= 11 is 0. The first kappa shape index (κ1) is 20.5. The summed E-state index contributed by atoms with van der Waals surface area (Å²) in [5.74, 6) is 1.68. The Balaban J connectivity index is 1.54. The van der Waals surface area contributed by atoms with E-state index in [4.69, 9.17) is 4.74 Å². The van der Waals surface area contributed by atoms with E-state index in [1.54, 1.807) is 0 Å². The highest BCUT2D eigenvalue weighted by molar-refractivity contribution is 5.93. The van der Waals surface area contributed by atoms with Crippen LogP contribution in [-0.2, 0) is 19.1 Å². The number of esters is 1. The maximum absolute atomic E-state index is 13.9. The highest BCUT2D eigenvalue weighted by Crippen LogP contribution is 2.72. The number of cyclic esters (lactones) is 1. The number of allylic oxidation sites excluding steroid dienone is 2. The van der Waals surface area contributed by atoms with E-state index in [2.05, 4.69) is 40.7 Å². The third-order valence-electron chi connectivity index (χ3n) is 10.7. The average Bonchev–Trinajstić information content (AvgIpc) is 3.25. The number of Topliss-reactive ketones (excluding diaryl/α,β-unsaturated/α-hetero) is 2. The van der Waals surface area contributed by atoms with Gasteiger partial charge in [-0.05, 0) is 61.2 Å². The third kappa shape index (κ3) is 2.31. The number of carbonyl (C=O) groups is 3. The zero-order chi connectivity index (χ0) is 21.7. The van der Waals surface area contributed by atoms with Gasteiger partial charge in [-0.1, -0.05) is 39.3 Å². The van der Waals surface area contributed by atoms with Crippen molar-refractivity contribution in [2.24, 2.45) is 45.3 Å². The average molecular weight is 413 g/mol. The van der Waals surface area contributed by atoms with Gasteiger partial charge in [0, 0.05) is 24.2 Å². The maximum Gasteiger partial charge on any atom is 0.306 e. The van der Waals surface area contributed by atoms with Crippen LogP contribution in [-0.4, -0.2) is 24.1 Å². The fourth-order valence-electron chi connectivity index (χ4n) is 9.02. The molecule has 5 rings (SSSR count). The molecule has 0 amide bonds. The zero-order valence-electron chi connectivity index (χ0n) is 19.2. The molecule has 1 heterocycles. The summed E-state index contributed by atoms with van der Waals surface area (Å²) in [4.78, 5) is 38.4. The van der Waals surface area contributed by atoms with Crippen molar-refractivity contribution in [3.63, 3.8) is 0 Å². The molecule has 4 nitrogen and oxygen atoms in total. The summed E-state index contributed by atoms with van der Waals surface area (Å²) in [5.41, 5.74) is 0.483. The lowest BCUT2D eigenvalue weighted by molar-refractivity contribution is -0.172. The van der Waals surface area contributed by atoms with Crippen molar-refractivity contribution in [3.05, 3.63) is 11.6 Å². The second-order valence-corrected chi connectivity index (χ2v) is 12.1. The molecule has 5 aliphatic rings. The molecule has 0 spiro atoms. The predicted octanol–water partition coefficient (Wildman–Crippen LogP) is 4.90. The largest absolute Gasteiger partial charge is 0.465 e. The molecule has 4 fully saturated rings. The number of hydrogen-bond donors (Lipinski definition) is 0. The molecule has 4 aliphatic carbocycles. The number of carbonyl (C=O) groups excluding carboxylic acids is 3. The van der Waals surface area contributed by atoms with Crippen LogP contribution in [0.5, 0.6) is 0 Å². The minimum atomic E-state index is -0.438. The Morgan fingerprint density at radius 1 is 0.933 bits per heavy atom. The molecule has 1 saturated heterocycles. The van der Waals surface area contributed by atoms with E-state index in [9.17, 15) is 14.4 Å². The van der Waals surface area contributed by atoms with Gasteiger partial charge in [-0.25, -0.2) is 0 Å². The Hall–Kier alpha value is -1.45. The van der Waals surface area contributed by atoms with E-state index in [-0.39, 0.29) is 28.6 Å². The van der Waals surface area contributed by atoms with Crippen LogP contribution < -0.4 is 0 Å². The van der Waals surface area contributed by atoms with E-state index < -0.39 is 10.8 Å². The second-order valence-electron chi connectivity index (χ2n) is 12.1. The van der Waals surface area contributed by atoms with E-state index >= 15 is 0 Å². The van der Waals surface area contributed by atoms with Gasteiger partial charge in [-0.15, -0.1) is 0 Å². The summed E-state index contributed by atoms with van der Waals surface area (Å²) < 4.78 is 5.31. The van der Waals surface area contributed by atoms with Crippen LogP contribution in [0.1, 0.15) is 79.6 Å². The van der Waals surface area contributed by atoms with Crippen LogP contribution in [0.2, 0.25) is 0 Å². The minimum absolute atomic E-state index is 0.0206. The quantitative estimate of drug-likeness (QED) is 0.454. The van der Waals surface area contributed by atoms with E-state index in [1.165, 1.54) is 5.57 Å². The molecule has 0 aromatic heterocycles. The molecular formula is C26H36O4. The Morgan fingerprint density at radius 2 is 1.67 bits per heavy atom. The maximum atomic E-state index is 13.9. The summed E-state index contributed by atoms with van der Waals surface area (Å²) in [6.45, 7) is 11.6. The number of ketones is 2. The monoisotopic (exact) mass is 412 g/mol. The molecule has 0 N–H and O–H groups in total. The van der Waals surface area contributed by atoms with Gasteiger partial charge < -0.3 is 4.74 Å². The van der Waals surface area contributed by atoms with Crippen molar-refractivity contribution in [1.82, 2.24) is 0 Å². The lowest BCUT2D eigenvalue weighted by atomic mass is 9.37. The molecule has 4 heteroatoms. The first-order valence-electron chi connectivity index (χ1n) is 11.9. The zero-order valence-corrected chi connectivity index (χ0v) is 19.2. The van der Waals surface area contributed by atoms with Gasteiger partial charge in [-0.2, -0.15) is 0 Å². The smallest absolute Gasteiger partial charge is 0.306 e. The Labute approximate surface area is 180 Å². The normalized spacial score (nSPS) is 49.8.